The van der Waals surface area contributed by atoms with Crippen molar-refractivity contribution in [1.29, 1.82) is 0 Å². The van der Waals surface area contributed by atoms with Gasteiger partial charge in [0.15, 0.2) is 11.5 Å². The van der Waals surface area contributed by atoms with E-state index in [9.17, 15) is 4.79 Å². The predicted octanol–water partition coefficient (Wildman–Crippen LogP) is 4.92. The molecule has 0 radical (unpaired) electrons. The van der Waals surface area contributed by atoms with E-state index in [2.05, 4.69) is 10.5 Å². The summed E-state index contributed by atoms with van der Waals surface area (Å²) in [6.45, 7) is 8.88. The first kappa shape index (κ1) is 21.2. The second-order valence-electron chi connectivity index (χ2n) is 6.60. The van der Waals surface area contributed by atoms with Gasteiger partial charge in [-0.3, -0.25) is 4.79 Å². The SMILES string of the molecule is CCOc1ccc(NC(=O)c2cccc(OCc3c(C)noc3C)c2)cc1OCC. The summed E-state index contributed by atoms with van der Waals surface area (Å²) in [6.07, 6.45) is 0. The van der Waals surface area contributed by atoms with Crippen LogP contribution in [-0.4, -0.2) is 24.3 Å². The summed E-state index contributed by atoms with van der Waals surface area (Å²) in [5.74, 6) is 2.30. The molecule has 0 unspecified atom stereocenters. The minimum atomic E-state index is -0.246. The van der Waals surface area contributed by atoms with E-state index >= 15 is 0 Å². The number of nitrogens with one attached hydrogen (secondary N) is 1. The zero-order valence-corrected chi connectivity index (χ0v) is 17.7. The van der Waals surface area contributed by atoms with E-state index in [1.165, 1.54) is 0 Å². The van der Waals surface area contributed by atoms with Gasteiger partial charge in [-0.15, -0.1) is 0 Å². The number of benzene rings is 2. The van der Waals surface area contributed by atoms with Gasteiger partial charge in [0.2, 0.25) is 0 Å². The Hall–Kier alpha value is -3.48. The third-order valence-electron chi connectivity index (χ3n) is 4.46. The molecule has 0 spiro atoms. The Labute approximate surface area is 175 Å². The molecular formula is C23H26N2O5. The fourth-order valence-corrected chi connectivity index (χ4v) is 2.92. The van der Waals surface area contributed by atoms with Crippen LogP contribution in [0.5, 0.6) is 17.2 Å². The smallest absolute Gasteiger partial charge is 0.255 e. The lowest BCUT2D eigenvalue weighted by Crippen LogP contribution is -2.12. The molecule has 0 aliphatic carbocycles. The first-order chi connectivity index (χ1) is 14.5. The third-order valence-corrected chi connectivity index (χ3v) is 4.46. The molecule has 1 heterocycles. The maximum absolute atomic E-state index is 12.7. The van der Waals surface area contributed by atoms with Gasteiger partial charge in [0.05, 0.1) is 24.5 Å². The lowest BCUT2D eigenvalue weighted by Gasteiger charge is -2.13. The van der Waals surface area contributed by atoms with E-state index in [4.69, 9.17) is 18.7 Å². The van der Waals surface area contributed by atoms with Crippen LogP contribution in [0.4, 0.5) is 5.69 Å². The maximum Gasteiger partial charge on any atom is 0.255 e. The molecule has 158 valence electrons. The van der Waals surface area contributed by atoms with Crippen molar-refractivity contribution in [2.75, 3.05) is 18.5 Å². The summed E-state index contributed by atoms with van der Waals surface area (Å²) in [6, 6.07) is 12.3. The number of hydrogen-bond donors (Lipinski definition) is 1. The minimum absolute atomic E-state index is 0.246. The third kappa shape index (κ3) is 5.11. The van der Waals surface area contributed by atoms with Gasteiger partial charge in [0, 0.05) is 17.3 Å². The van der Waals surface area contributed by atoms with Gasteiger partial charge in [-0.1, -0.05) is 11.2 Å². The van der Waals surface area contributed by atoms with Gasteiger partial charge in [-0.25, -0.2) is 0 Å². The fourth-order valence-electron chi connectivity index (χ4n) is 2.92. The molecule has 0 aliphatic rings. The number of hydrogen-bond acceptors (Lipinski definition) is 6. The average Bonchev–Trinajstić information content (AvgIpc) is 3.06. The molecule has 3 aromatic rings. The fraction of sp³-hybridized carbons (Fsp3) is 0.304. The van der Waals surface area contributed by atoms with Crippen molar-refractivity contribution < 1.29 is 23.5 Å². The van der Waals surface area contributed by atoms with Crippen LogP contribution < -0.4 is 19.5 Å². The second-order valence-corrected chi connectivity index (χ2v) is 6.60. The maximum atomic E-state index is 12.7. The topological polar surface area (TPSA) is 82.8 Å². The van der Waals surface area contributed by atoms with E-state index in [0.717, 1.165) is 17.0 Å². The molecule has 0 aliphatic heterocycles. The van der Waals surface area contributed by atoms with Crippen LogP contribution in [0.1, 0.15) is 41.2 Å². The van der Waals surface area contributed by atoms with E-state index in [0.29, 0.717) is 48.3 Å². The Morgan fingerprint density at radius 3 is 2.47 bits per heavy atom. The number of aryl methyl sites for hydroxylation is 2. The largest absolute Gasteiger partial charge is 0.490 e. The van der Waals surface area contributed by atoms with Crippen LogP contribution in [0.3, 0.4) is 0 Å². The molecule has 1 N–H and O–H groups in total. The van der Waals surface area contributed by atoms with E-state index < -0.39 is 0 Å². The number of carbonyl (C=O) groups excluding carboxylic acids is 1. The van der Waals surface area contributed by atoms with Gasteiger partial charge < -0.3 is 24.1 Å². The van der Waals surface area contributed by atoms with Crippen LogP contribution in [0.15, 0.2) is 47.0 Å². The Balaban J connectivity index is 1.70. The summed E-state index contributed by atoms with van der Waals surface area (Å²) in [4.78, 5) is 12.7. The number of amides is 1. The van der Waals surface area contributed by atoms with Crippen LogP contribution in [0, 0.1) is 13.8 Å². The van der Waals surface area contributed by atoms with Crippen molar-refractivity contribution in [2.24, 2.45) is 0 Å². The molecule has 0 saturated heterocycles. The number of anilines is 1. The molecule has 3 rings (SSSR count). The van der Waals surface area contributed by atoms with Crippen LogP contribution in [0.2, 0.25) is 0 Å². The van der Waals surface area contributed by atoms with Crippen molar-refractivity contribution in [1.82, 2.24) is 5.16 Å². The summed E-state index contributed by atoms with van der Waals surface area (Å²) < 4.78 is 22.2. The number of carbonyl (C=O) groups is 1. The lowest BCUT2D eigenvalue weighted by molar-refractivity contribution is 0.102. The van der Waals surface area contributed by atoms with Crippen molar-refractivity contribution in [2.45, 2.75) is 34.3 Å². The number of aromatic nitrogens is 1. The first-order valence-corrected chi connectivity index (χ1v) is 9.87. The van der Waals surface area contributed by atoms with E-state index in [-0.39, 0.29) is 5.91 Å². The molecule has 0 saturated carbocycles. The van der Waals surface area contributed by atoms with Crippen molar-refractivity contribution in [3.8, 4) is 17.2 Å². The van der Waals surface area contributed by atoms with Crippen molar-refractivity contribution in [3.05, 3.63) is 65.0 Å². The second kappa shape index (κ2) is 9.82. The van der Waals surface area contributed by atoms with Crippen LogP contribution in [0.25, 0.3) is 0 Å². The first-order valence-electron chi connectivity index (χ1n) is 9.87. The quantitative estimate of drug-likeness (QED) is 0.539. The molecule has 7 nitrogen and oxygen atoms in total. The van der Waals surface area contributed by atoms with E-state index in [1.807, 2.05) is 27.7 Å². The Bertz CT molecular complexity index is 993. The Morgan fingerprint density at radius 2 is 1.77 bits per heavy atom. The average molecular weight is 410 g/mol. The summed E-state index contributed by atoms with van der Waals surface area (Å²) >= 11 is 0. The molecule has 2 aromatic carbocycles. The monoisotopic (exact) mass is 410 g/mol. The number of ether oxygens (including phenoxy) is 3. The van der Waals surface area contributed by atoms with Crippen molar-refractivity contribution >= 4 is 11.6 Å². The molecule has 0 fully saturated rings. The predicted molar refractivity (Wildman–Crippen MR) is 113 cm³/mol. The zero-order chi connectivity index (χ0) is 21.5. The normalized spacial score (nSPS) is 10.5. The summed E-state index contributed by atoms with van der Waals surface area (Å²) in [5, 5.41) is 6.81. The summed E-state index contributed by atoms with van der Waals surface area (Å²) in [7, 11) is 0. The minimum Gasteiger partial charge on any atom is -0.490 e. The van der Waals surface area contributed by atoms with Gasteiger partial charge in [-0.2, -0.15) is 0 Å². The van der Waals surface area contributed by atoms with Crippen LogP contribution >= 0.6 is 0 Å². The number of nitrogens with zero attached hydrogens (tertiary/aromatic N) is 1. The highest BCUT2D eigenvalue weighted by molar-refractivity contribution is 6.04. The zero-order valence-electron chi connectivity index (χ0n) is 17.7. The van der Waals surface area contributed by atoms with Crippen LogP contribution in [-0.2, 0) is 6.61 Å². The molecule has 0 bridgehead atoms. The highest BCUT2D eigenvalue weighted by Crippen LogP contribution is 2.31. The molecule has 30 heavy (non-hydrogen) atoms. The van der Waals surface area contributed by atoms with Gasteiger partial charge in [0.25, 0.3) is 5.91 Å². The highest BCUT2D eigenvalue weighted by Gasteiger charge is 2.13. The van der Waals surface area contributed by atoms with Gasteiger partial charge in [0.1, 0.15) is 18.1 Å². The molecule has 1 aromatic heterocycles. The van der Waals surface area contributed by atoms with E-state index in [1.54, 1.807) is 42.5 Å². The van der Waals surface area contributed by atoms with Gasteiger partial charge >= 0.3 is 0 Å². The standard InChI is InChI=1S/C23H26N2O5/c1-5-27-21-11-10-18(13-22(21)28-6-2)24-23(26)17-8-7-9-19(12-17)29-14-20-15(3)25-30-16(20)4/h7-13H,5-6,14H2,1-4H3,(H,24,26). The number of rotatable bonds is 9. The summed E-state index contributed by atoms with van der Waals surface area (Å²) in [5.41, 5.74) is 2.80. The molecule has 1 amide bonds. The molecular weight excluding hydrogens is 384 g/mol. The Morgan fingerprint density at radius 1 is 1.00 bits per heavy atom. The molecule has 0 atom stereocenters. The Kier molecular flexibility index (Phi) is 6.95. The highest BCUT2D eigenvalue weighted by atomic mass is 16.5. The van der Waals surface area contributed by atoms with Gasteiger partial charge in [-0.05, 0) is 58.0 Å². The molecule has 7 heteroatoms. The lowest BCUT2D eigenvalue weighted by atomic mass is 10.2. The van der Waals surface area contributed by atoms with Crippen molar-refractivity contribution in [3.63, 3.8) is 0 Å².